The molecule has 3 rings (SSSR count). The van der Waals surface area contributed by atoms with Gasteiger partial charge in [-0.15, -0.1) is 0 Å². The van der Waals surface area contributed by atoms with Crippen molar-refractivity contribution in [3.8, 4) is 0 Å². The number of benzene rings is 1. The molecule has 0 bridgehead atoms. The summed E-state index contributed by atoms with van der Waals surface area (Å²) in [6.07, 6.45) is 10.3. The maximum absolute atomic E-state index is 12.2. The molecule has 0 aromatic heterocycles. The summed E-state index contributed by atoms with van der Waals surface area (Å²) < 4.78 is 1.02. The Hall–Kier alpha value is -1.65. The van der Waals surface area contributed by atoms with Crippen LogP contribution in [-0.4, -0.2) is 6.03 Å². The third-order valence-corrected chi connectivity index (χ3v) is 4.53. The molecule has 0 atom stereocenters. The monoisotopic (exact) mass is 331 g/mol. The molecule has 0 saturated heterocycles. The normalized spacial score (nSPS) is 18.3. The minimum Gasteiger partial charge on any atom is -0.231 e. The van der Waals surface area contributed by atoms with Crippen molar-refractivity contribution in [2.75, 3.05) is 4.90 Å². The largest absolute Gasteiger partial charge is 0.429 e. The average molecular weight is 332 g/mol. The first kappa shape index (κ1) is 13.3. The lowest BCUT2D eigenvalue weighted by Gasteiger charge is -2.13. The van der Waals surface area contributed by atoms with E-state index in [-0.39, 0.29) is 6.03 Å². The second kappa shape index (κ2) is 5.38. The minimum atomic E-state index is 0.0247. The molecule has 1 heterocycles. The fourth-order valence-corrected chi connectivity index (χ4v) is 2.86. The Morgan fingerprint density at radius 3 is 2.95 bits per heavy atom. The highest BCUT2D eigenvalue weighted by Gasteiger charge is 2.31. The number of quaternary nitrogens is 1. The van der Waals surface area contributed by atoms with E-state index in [1.165, 1.54) is 5.57 Å². The van der Waals surface area contributed by atoms with Crippen molar-refractivity contribution in [1.82, 2.24) is 0 Å². The second-order valence-corrected chi connectivity index (χ2v) is 5.83. The summed E-state index contributed by atoms with van der Waals surface area (Å²) >= 11 is 3.52. The fourth-order valence-electron chi connectivity index (χ4n) is 2.51. The zero-order valence-corrected chi connectivity index (χ0v) is 12.9. The van der Waals surface area contributed by atoms with E-state index in [9.17, 15) is 4.79 Å². The molecular weight excluding hydrogens is 316 g/mol. The Labute approximate surface area is 126 Å². The number of allylic oxidation sites excluding steroid dienone is 4. The average Bonchev–Trinajstić information content (AvgIpc) is 2.85. The van der Waals surface area contributed by atoms with Crippen LogP contribution in [0, 0.1) is 6.92 Å². The summed E-state index contributed by atoms with van der Waals surface area (Å²) in [5.74, 6) is 0. The quantitative estimate of drug-likeness (QED) is 0.886. The van der Waals surface area contributed by atoms with Crippen molar-refractivity contribution in [2.24, 2.45) is 0 Å². The number of hydrogen-bond acceptors (Lipinski definition) is 1. The summed E-state index contributed by atoms with van der Waals surface area (Å²) in [6, 6.07) is 5.94. The Morgan fingerprint density at radius 2 is 2.20 bits per heavy atom. The topological polar surface area (TPSA) is 36.9 Å². The van der Waals surface area contributed by atoms with Crippen LogP contribution in [-0.2, 0) is 0 Å². The number of carbonyl (C=O) groups is 1. The number of rotatable bonds is 2. The third kappa shape index (κ3) is 2.37. The van der Waals surface area contributed by atoms with E-state index in [1.807, 2.05) is 31.3 Å². The molecule has 2 aliphatic rings. The molecule has 2 N–H and O–H groups in total. The maximum atomic E-state index is 12.2. The maximum Gasteiger partial charge on any atom is 0.429 e. The summed E-state index contributed by atoms with van der Waals surface area (Å²) in [6.45, 7) is 2.02. The summed E-state index contributed by atoms with van der Waals surface area (Å²) in [5.41, 5.74) is 4.27. The highest BCUT2D eigenvalue weighted by atomic mass is 79.9. The first-order valence-corrected chi connectivity index (χ1v) is 7.47. The molecule has 2 amide bonds. The number of primary amides is 1. The van der Waals surface area contributed by atoms with E-state index >= 15 is 0 Å². The molecule has 4 heteroatoms. The van der Waals surface area contributed by atoms with Crippen LogP contribution in [0.1, 0.15) is 18.4 Å². The summed E-state index contributed by atoms with van der Waals surface area (Å²) in [4.78, 5) is 14.0. The predicted molar refractivity (Wildman–Crippen MR) is 83.2 cm³/mol. The third-order valence-electron chi connectivity index (χ3n) is 3.67. The molecule has 1 aromatic rings. The van der Waals surface area contributed by atoms with E-state index in [2.05, 4.69) is 34.2 Å². The van der Waals surface area contributed by atoms with Gasteiger partial charge in [0.25, 0.3) is 0 Å². The summed E-state index contributed by atoms with van der Waals surface area (Å²) in [5, 5.41) is 1.73. The number of halogens is 1. The van der Waals surface area contributed by atoms with Crippen molar-refractivity contribution >= 4 is 27.6 Å². The lowest BCUT2D eigenvalue weighted by Crippen LogP contribution is -2.85. The number of nitrogens with two attached hydrogens (primary N) is 1. The number of nitrogens with zero attached hydrogens (tertiary/aromatic N) is 1. The molecule has 0 unspecified atom stereocenters. The molecule has 0 spiro atoms. The van der Waals surface area contributed by atoms with E-state index in [1.54, 1.807) is 10.2 Å². The molecule has 1 aliphatic carbocycles. The van der Waals surface area contributed by atoms with Gasteiger partial charge in [-0.05, 0) is 37.5 Å². The SMILES string of the molecule is Cc1c(Br)cccc1N1C=C(C2=CC=CCC2)[NH2+]C1=O. The van der Waals surface area contributed by atoms with Crippen molar-refractivity contribution in [3.05, 3.63) is 63.9 Å². The highest BCUT2D eigenvalue weighted by molar-refractivity contribution is 9.10. The van der Waals surface area contributed by atoms with E-state index < -0.39 is 0 Å². The smallest absolute Gasteiger partial charge is 0.231 e. The van der Waals surface area contributed by atoms with Crippen molar-refractivity contribution in [3.63, 3.8) is 0 Å². The van der Waals surface area contributed by atoms with Gasteiger partial charge < -0.3 is 0 Å². The zero-order chi connectivity index (χ0) is 14.1. The van der Waals surface area contributed by atoms with Crippen LogP contribution in [0.5, 0.6) is 0 Å². The van der Waals surface area contributed by atoms with Crippen molar-refractivity contribution in [1.29, 1.82) is 0 Å². The Bertz CT molecular complexity index is 658. The molecule has 0 fully saturated rings. The van der Waals surface area contributed by atoms with Crippen LogP contribution in [0.4, 0.5) is 10.5 Å². The molecule has 1 aliphatic heterocycles. The molecule has 3 nitrogen and oxygen atoms in total. The van der Waals surface area contributed by atoms with Crippen LogP contribution < -0.4 is 10.2 Å². The van der Waals surface area contributed by atoms with Gasteiger partial charge in [0.05, 0.1) is 11.9 Å². The van der Waals surface area contributed by atoms with Gasteiger partial charge in [0, 0.05) is 10.0 Å². The van der Waals surface area contributed by atoms with Gasteiger partial charge in [0.1, 0.15) is 0 Å². The Morgan fingerprint density at radius 1 is 1.35 bits per heavy atom. The van der Waals surface area contributed by atoms with Crippen LogP contribution >= 0.6 is 15.9 Å². The minimum absolute atomic E-state index is 0.0247. The van der Waals surface area contributed by atoms with Gasteiger partial charge in [-0.3, -0.25) is 0 Å². The zero-order valence-electron chi connectivity index (χ0n) is 11.3. The molecule has 102 valence electrons. The molecular formula is C16H16BrN2O+. The van der Waals surface area contributed by atoms with Gasteiger partial charge >= 0.3 is 6.03 Å². The second-order valence-electron chi connectivity index (χ2n) is 4.98. The predicted octanol–water partition coefficient (Wildman–Crippen LogP) is 3.38. The van der Waals surface area contributed by atoms with Gasteiger partial charge in [-0.2, -0.15) is 0 Å². The van der Waals surface area contributed by atoms with Crippen molar-refractivity contribution in [2.45, 2.75) is 19.8 Å². The molecule has 1 aromatic carbocycles. The van der Waals surface area contributed by atoms with Gasteiger partial charge in [-0.25, -0.2) is 15.0 Å². The van der Waals surface area contributed by atoms with Gasteiger partial charge in [-0.1, -0.05) is 40.2 Å². The van der Waals surface area contributed by atoms with Crippen LogP contribution in [0.3, 0.4) is 0 Å². The lowest BCUT2D eigenvalue weighted by atomic mass is 10.0. The first-order valence-electron chi connectivity index (χ1n) is 6.68. The standard InChI is InChI=1S/C16H15BrN2O/c1-11-13(17)8-5-9-15(11)19-10-14(18-16(19)20)12-6-3-2-4-7-12/h2-3,5-6,8-10H,4,7H2,1H3,(H,18,20)/p+1. The van der Waals surface area contributed by atoms with Crippen LogP contribution in [0.15, 0.2) is 58.4 Å². The first-order chi connectivity index (χ1) is 9.66. The summed E-state index contributed by atoms with van der Waals surface area (Å²) in [7, 11) is 0. The van der Waals surface area contributed by atoms with Crippen LogP contribution in [0.2, 0.25) is 0 Å². The number of amides is 2. The molecule has 20 heavy (non-hydrogen) atoms. The van der Waals surface area contributed by atoms with E-state index in [4.69, 9.17) is 0 Å². The Balaban J connectivity index is 1.96. The molecule has 0 saturated carbocycles. The van der Waals surface area contributed by atoms with Gasteiger partial charge in [0.2, 0.25) is 0 Å². The lowest BCUT2D eigenvalue weighted by molar-refractivity contribution is -0.490. The highest BCUT2D eigenvalue weighted by Crippen LogP contribution is 2.29. The van der Waals surface area contributed by atoms with E-state index in [0.29, 0.717) is 0 Å². The van der Waals surface area contributed by atoms with Crippen LogP contribution in [0.25, 0.3) is 0 Å². The number of anilines is 1. The van der Waals surface area contributed by atoms with Gasteiger partial charge in [0.15, 0.2) is 5.70 Å². The Kier molecular flexibility index (Phi) is 3.59. The number of carbonyl (C=O) groups excluding carboxylic acids is 1. The van der Waals surface area contributed by atoms with E-state index in [0.717, 1.165) is 34.3 Å². The fraction of sp³-hybridized carbons (Fsp3) is 0.188. The number of urea groups is 1. The van der Waals surface area contributed by atoms with Crippen molar-refractivity contribution < 1.29 is 10.1 Å². The molecule has 0 radical (unpaired) electrons. The number of hydrogen-bond donors (Lipinski definition) is 1.